The van der Waals surface area contributed by atoms with Gasteiger partial charge in [0.25, 0.3) is 0 Å². The van der Waals surface area contributed by atoms with Crippen molar-refractivity contribution in [3.05, 3.63) is 36.3 Å². The normalized spacial score (nSPS) is 15.2. The van der Waals surface area contributed by atoms with Gasteiger partial charge >= 0.3 is 0 Å². The fraction of sp³-hybridized carbons (Fsp3) is 0. The van der Waals surface area contributed by atoms with Gasteiger partial charge in [-0.15, -0.1) is 0 Å². The fourth-order valence-corrected chi connectivity index (χ4v) is 0.362. The first kappa shape index (κ1) is 5.64. The van der Waals surface area contributed by atoms with Gasteiger partial charge in [0.15, 0.2) is 5.76 Å². The molecule has 0 atom stereocenters. The minimum atomic E-state index is 0.859. The maximum atomic E-state index is 8.03. The molecule has 0 bridgehead atoms. The van der Waals surface area contributed by atoms with Gasteiger partial charge in [-0.25, -0.2) is 0 Å². The Morgan fingerprint density at radius 3 is 2.89 bits per heavy atom. The van der Waals surface area contributed by atoms with Gasteiger partial charge in [0, 0.05) is 6.08 Å². The highest BCUT2D eigenvalue weighted by Gasteiger charge is 2.01. The Morgan fingerprint density at radius 2 is 2.33 bits per heavy atom. The van der Waals surface area contributed by atoms with Crippen LogP contribution in [0.1, 0.15) is 0 Å². The van der Waals surface area contributed by atoms with Crippen LogP contribution in [0.15, 0.2) is 36.3 Å². The van der Waals surface area contributed by atoms with Crippen molar-refractivity contribution < 1.29 is 4.74 Å². The molecule has 0 fully saturated rings. The average Bonchev–Trinajstić information content (AvgIpc) is 2.63. The fourth-order valence-electron chi connectivity index (χ4n) is 0.362. The van der Waals surface area contributed by atoms with E-state index in [-0.39, 0.29) is 0 Å². The van der Waals surface area contributed by atoms with E-state index in [9.17, 15) is 0 Å². The molecule has 0 N–H and O–H groups in total. The summed E-state index contributed by atoms with van der Waals surface area (Å²) in [4.78, 5) is 0. The lowest BCUT2D eigenvalue weighted by Gasteiger charge is -1.68. The number of rotatable bonds is 2. The van der Waals surface area contributed by atoms with Gasteiger partial charge in [0.2, 0.25) is 0 Å². The van der Waals surface area contributed by atoms with E-state index < -0.39 is 0 Å². The van der Waals surface area contributed by atoms with Crippen molar-refractivity contribution in [3.63, 3.8) is 0 Å². The molecule has 2 heteroatoms. The lowest BCUT2D eigenvalue weighted by molar-refractivity contribution is 0.516. The topological polar surface area (TPSA) is 36.3 Å². The minimum absolute atomic E-state index is 0.859. The average molecular weight is 119 g/mol. The Hall–Kier alpha value is -1.49. The van der Waals surface area contributed by atoms with Crippen molar-refractivity contribution in [3.8, 4) is 6.07 Å². The highest BCUT2D eigenvalue weighted by atomic mass is 16.5. The summed E-state index contributed by atoms with van der Waals surface area (Å²) in [6, 6.07) is 1.87. The molecule has 1 aliphatic rings. The van der Waals surface area contributed by atoms with Crippen LogP contribution in [0.2, 0.25) is 0 Å². The number of hydrogen-bond donors (Lipinski definition) is 0. The second kappa shape index (κ2) is 2.73. The summed E-state index contributed by atoms with van der Waals surface area (Å²) >= 11 is 0. The summed E-state index contributed by atoms with van der Waals surface area (Å²) in [7, 11) is 0. The van der Waals surface area contributed by atoms with E-state index in [1.165, 1.54) is 6.08 Å². The van der Waals surface area contributed by atoms with Gasteiger partial charge in [-0.3, -0.25) is 0 Å². The summed E-state index contributed by atoms with van der Waals surface area (Å²) in [6.45, 7) is 0. The highest BCUT2D eigenvalue weighted by molar-refractivity contribution is 5.24. The molecule has 1 rings (SSSR count). The molecule has 2 nitrogen and oxygen atoms in total. The largest absolute Gasteiger partial charge is 0.458 e. The van der Waals surface area contributed by atoms with Crippen molar-refractivity contribution in [2.75, 3.05) is 0 Å². The van der Waals surface area contributed by atoms with E-state index in [4.69, 9.17) is 5.26 Å². The number of nitrogens with zero attached hydrogens (tertiary/aromatic N) is 1. The Morgan fingerprint density at radius 1 is 1.56 bits per heavy atom. The number of nitriles is 1. The zero-order valence-corrected chi connectivity index (χ0v) is 4.74. The third-order valence-electron chi connectivity index (χ3n) is 0.796. The van der Waals surface area contributed by atoms with Crippen molar-refractivity contribution in [1.82, 2.24) is 0 Å². The van der Waals surface area contributed by atoms with E-state index in [1.807, 2.05) is 6.07 Å². The quantitative estimate of drug-likeness (QED) is 0.408. The van der Waals surface area contributed by atoms with Gasteiger partial charge in [-0.05, 0) is 6.08 Å². The van der Waals surface area contributed by atoms with Crippen LogP contribution < -0.4 is 0 Å². The summed E-state index contributed by atoms with van der Waals surface area (Å²) in [5.41, 5.74) is 0. The second-order valence-corrected chi connectivity index (χ2v) is 1.49. The minimum Gasteiger partial charge on any atom is -0.458 e. The summed E-state index contributed by atoms with van der Waals surface area (Å²) in [6.07, 6.45) is 8.23. The molecule has 1 heterocycles. The molecular weight excluding hydrogens is 114 g/mol. The molecule has 0 amide bonds. The molecule has 0 aromatic heterocycles. The van der Waals surface area contributed by atoms with Crippen LogP contribution in [0.25, 0.3) is 0 Å². The molecule has 1 aliphatic heterocycles. The smallest absolute Gasteiger partial charge is 0.161 e. The van der Waals surface area contributed by atoms with Crippen LogP contribution in [0.3, 0.4) is 0 Å². The molecule has 44 valence electrons. The molecule has 0 aromatic carbocycles. The predicted octanol–water partition coefficient (Wildman–Crippen LogP) is 1.49. The van der Waals surface area contributed by atoms with E-state index in [0.717, 1.165) is 5.76 Å². The van der Waals surface area contributed by atoms with E-state index >= 15 is 0 Å². The van der Waals surface area contributed by atoms with Gasteiger partial charge in [-0.2, -0.15) is 5.26 Å². The molecule has 0 spiro atoms. The second-order valence-electron chi connectivity index (χ2n) is 1.49. The van der Waals surface area contributed by atoms with E-state index in [1.54, 1.807) is 24.5 Å². The standard InChI is InChI=1S/C7H5NO/c8-5-3-1-2-4-7-6-9-7/h1-4,6H. The molecule has 0 unspecified atom stereocenters. The van der Waals surface area contributed by atoms with Gasteiger partial charge < -0.3 is 4.74 Å². The van der Waals surface area contributed by atoms with Crippen molar-refractivity contribution >= 4 is 0 Å². The molecule has 0 saturated heterocycles. The molecular formula is C7H5NO. The maximum absolute atomic E-state index is 8.03. The predicted molar refractivity (Wildman–Crippen MR) is 33.1 cm³/mol. The number of ether oxygens (including phenoxy) is 1. The summed E-state index contributed by atoms with van der Waals surface area (Å²) in [5, 5.41) is 8.03. The first-order chi connectivity index (χ1) is 4.43. The summed E-state index contributed by atoms with van der Waals surface area (Å²) < 4.78 is 4.68. The SMILES string of the molecule is N#CC=CC=CC1=CO1. The monoisotopic (exact) mass is 119 g/mol. The number of allylic oxidation sites excluding steroid dienone is 4. The van der Waals surface area contributed by atoms with Crippen molar-refractivity contribution in [1.29, 1.82) is 5.26 Å². The van der Waals surface area contributed by atoms with Crippen LogP contribution in [0.4, 0.5) is 0 Å². The number of hydrogen-bond acceptors (Lipinski definition) is 2. The Bertz CT molecular complexity index is 218. The third kappa shape index (κ3) is 2.35. The van der Waals surface area contributed by atoms with Gasteiger partial charge in [-0.1, -0.05) is 12.2 Å². The van der Waals surface area contributed by atoms with Crippen LogP contribution in [0.5, 0.6) is 0 Å². The van der Waals surface area contributed by atoms with Gasteiger partial charge in [0.1, 0.15) is 6.26 Å². The molecule has 9 heavy (non-hydrogen) atoms. The zero-order chi connectivity index (χ0) is 6.53. The van der Waals surface area contributed by atoms with Crippen LogP contribution in [-0.2, 0) is 4.74 Å². The Kier molecular flexibility index (Phi) is 1.71. The maximum Gasteiger partial charge on any atom is 0.161 e. The van der Waals surface area contributed by atoms with Crippen LogP contribution in [-0.4, -0.2) is 0 Å². The summed E-state index contributed by atoms with van der Waals surface area (Å²) in [5.74, 6) is 0.859. The molecule has 0 radical (unpaired) electrons. The first-order valence-electron chi connectivity index (χ1n) is 2.53. The van der Waals surface area contributed by atoms with Crippen LogP contribution >= 0.6 is 0 Å². The van der Waals surface area contributed by atoms with E-state index in [0.29, 0.717) is 0 Å². The third-order valence-corrected chi connectivity index (χ3v) is 0.796. The lowest BCUT2D eigenvalue weighted by Crippen LogP contribution is -1.51. The van der Waals surface area contributed by atoms with Crippen molar-refractivity contribution in [2.45, 2.75) is 0 Å². The Labute approximate surface area is 53.4 Å². The highest BCUT2D eigenvalue weighted by Crippen LogP contribution is 2.13. The molecule has 0 aromatic rings. The lowest BCUT2D eigenvalue weighted by atomic mass is 10.4. The Balaban J connectivity index is 2.25. The van der Waals surface area contributed by atoms with Crippen molar-refractivity contribution in [2.24, 2.45) is 0 Å². The van der Waals surface area contributed by atoms with Gasteiger partial charge in [0.05, 0.1) is 6.07 Å². The zero-order valence-electron chi connectivity index (χ0n) is 4.74. The first-order valence-corrected chi connectivity index (χ1v) is 2.53. The molecule has 0 aliphatic carbocycles. The van der Waals surface area contributed by atoms with E-state index in [2.05, 4.69) is 4.74 Å². The van der Waals surface area contributed by atoms with Crippen LogP contribution in [0, 0.1) is 11.3 Å². The molecule has 0 saturated carbocycles.